The van der Waals surface area contributed by atoms with Gasteiger partial charge in [-0.3, -0.25) is 4.79 Å². The van der Waals surface area contributed by atoms with Crippen molar-refractivity contribution in [1.29, 1.82) is 0 Å². The first-order valence-corrected chi connectivity index (χ1v) is 8.24. The molecule has 0 fully saturated rings. The number of amides is 1. The summed E-state index contributed by atoms with van der Waals surface area (Å²) >= 11 is 1.55. The number of carbonyl (C=O) groups is 1. The van der Waals surface area contributed by atoms with Crippen LogP contribution in [0, 0.1) is 6.92 Å². The second-order valence-electron chi connectivity index (χ2n) is 5.25. The van der Waals surface area contributed by atoms with E-state index in [0.717, 1.165) is 26.9 Å². The van der Waals surface area contributed by atoms with E-state index < -0.39 is 0 Å². The summed E-state index contributed by atoms with van der Waals surface area (Å²) in [4.78, 5) is 17.1. The highest BCUT2D eigenvalue weighted by molar-refractivity contribution is 7.12. The zero-order valence-electron chi connectivity index (χ0n) is 13.0. The molecule has 1 N–H and O–H groups in total. The summed E-state index contributed by atoms with van der Waals surface area (Å²) in [6.45, 7) is 4.99. The molecule has 1 aromatic heterocycles. The second-order valence-corrected chi connectivity index (χ2v) is 6.51. The number of fused-ring (bicyclic) bond motifs is 1. The van der Waals surface area contributed by atoms with Gasteiger partial charge in [0.25, 0.3) is 0 Å². The molecule has 0 aliphatic carbocycles. The number of carbonyl (C=O) groups excluding carboxylic acids is 1. The molecule has 0 bridgehead atoms. The molecular weight excluding hydrogens is 312 g/mol. The molecule has 1 aliphatic heterocycles. The molecule has 1 aromatic carbocycles. The highest BCUT2D eigenvalue weighted by Gasteiger charge is 2.15. The van der Waals surface area contributed by atoms with E-state index >= 15 is 0 Å². The van der Waals surface area contributed by atoms with Gasteiger partial charge < -0.3 is 14.8 Å². The Labute approximate surface area is 139 Å². The lowest BCUT2D eigenvalue weighted by molar-refractivity contribution is -0.117. The van der Waals surface area contributed by atoms with Crippen molar-refractivity contribution < 1.29 is 14.3 Å². The van der Waals surface area contributed by atoms with Crippen LogP contribution in [0.3, 0.4) is 0 Å². The molecule has 2 heterocycles. The van der Waals surface area contributed by atoms with Gasteiger partial charge in [-0.2, -0.15) is 0 Å². The van der Waals surface area contributed by atoms with Crippen molar-refractivity contribution in [2.75, 3.05) is 13.2 Å². The third-order valence-corrected chi connectivity index (χ3v) is 4.34. The van der Waals surface area contributed by atoms with Crippen LogP contribution < -0.4 is 14.8 Å². The van der Waals surface area contributed by atoms with Gasteiger partial charge in [0.2, 0.25) is 5.91 Å². The highest BCUT2D eigenvalue weighted by Crippen LogP contribution is 2.32. The van der Waals surface area contributed by atoms with Crippen LogP contribution in [0.25, 0.3) is 6.08 Å². The van der Waals surface area contributed by atoms with Crippen molar-refractivity contribution >= 4 is 23.3 Å². The van der Waals surface area contributed by atoms with E-state index in [1.165, 1.54) is 6.08 Å². The number of rotatable bonds is 4. The van der Waals surface area contributed by atoms with Crippen LogP contribution in [0.1, 0.15) is 28.4 Å². The van der Waals surface area contributed by atoms with Crippen molar-refractivity contribution in [3.63, 3.8) is 0 Å². The van der Waals surface area contributed by atoms with Crippen molar-refractivity contribution in [2.24, 2.45) is 0 Å². The Bertz CT molecular complexity index is 739. The molecule has 0 unspecified atom stereocenters. The first-order chi connectivity index (χ1) is 11.1. The lowest BCUT2D eigenvalue weighted by atomic mass is 10.1. The molecule has 1 atom stereocenters. The summed E-state index contributed by atoms with van der Waals surface area (Å²) in [5.41, 5.74) is 0.977. The zero-order chi connectivity index (χ0) is 16.2. The predicted octanol–water partition coefficient (Wildman–Crippen LogP) is 3.11. The van der Waals surface area contributed by atoms with E-state index in [1.54, 1.807) is 23.6 Å². The van der Waals surface area contributed by atoms with Gasteiger partial charge in [0, 0.05) is 17.2 Å². The summed E-state index contributed by atoms with van der Waals surface area (Å²) in [7, 11) is 0. The second kappa shape index (κ2) is 6.83. The van der Waals surface area contributed by atoms with Crippen LogP contribution in [0.4, 0.5) is 0 Å². The number of nitrogens with one attached hydrogen (secondary N) is 1. The van der Waals surface area contributed by atoms with Gasteiger partial charge in [-0.25, -0.2) is 4.98 Å². The van der Waals surface area contributed by atoms with Crippen molar-refractivity contribution in [3.8, 4) is 11.5 Å². The van der Waals surface area contributed by atoms with Crippen molar-refractivity contribution in [2.45, 2.75) is 19.9 Å². The van der Waals surface area contributed by atoms with E-state index in [4.69, 9.17) is 9.47 Å². The molecule has 0 saturated heterocycles. The summed E-state index contributed by atoms with van der Waals surface area (Å²) in [6.07, 6.45) is 5.06. The lowest BCUT2D eigenvalue weighted by Crippen LogP contribution is -2.25. The maximum atomic E-state index is 12.0. The number of ether oxygens (including phenoxy) is 2. The quantitative estimate of drug-likeness (QED) is 0.875. The van der Waals surface area contributed by atoms with Crippen molar-refractivity contribution in [1.82, 2.24) is 10.3 Å². The molecule has 6 heteroatoms. The summed E-state index contributed by atoms with van der Waals surface area (Å²) in [5, 5.41) is 3.92. The Kier molecular flexibility index (Phi) is 4.62. The highest BCUT2D eigenvalue weighted by atomic mass is 32.1. The minimum atomic E-state index is -0.140. The number of aryl methyl sites for hydroxylation is 1. The average molecular weight is 330 g/mol. The van der Waals surface area contributed by atoms with Crippen LogP contribution >= 0.6 is 11.3 Å². The summed E-state index contributed by atoms with van der Waals surface area (Å²) < 4.78 is 11.1. The maximum Gasteiger partial charge on any atom is 0.244 e. The predicted molar refractivity (Wildman–Crippen MR) is 89.9 cm³/mol. The SMILES string of the molecule is Cc1ncc(/C=C/C(=O)N[C@H](C)c2ccc3c(c2)OCCO3)s1. The summed E-state index contributed by atoms with van der Waals surface area (Å²) in [5.74, 6) is 1.34. The molecule has 0 spiro atoms. The molecular formula is C17H18N2O3S. The van der Waals surface area contributed by atoms with Gasteiger partial charge in [0.15, 0.2) is 11.5 Å². The van der Waals surface area contributed by atoms with Gasteiger partial charge in [-0.15, -0.1) is 11.3 Å². The number of hydrogen-bond acceptors (Lipinski definition) is 5. The van der Waals surface area contributed by atoms with Gasteiger partial charge in [0.1, 0.15) is 13.2 Å². The topological polar surface area (TPSA) is 60.5 Å². The Balaban J connectivity index is 1.63. The van der Waals surface area contributed by atoms with Crippen LogP contribution in [0.2, 0.25) is 0 Å². The maximum absolute atomic E-state index is 12.0. The van der Waals surface area contributed by atoms with Crippen LogP contribution in [-0.2, 0) is 4.79 Å². The van der Waals surface area contributed by atoms with Crippen LogP contribution in [-0.4, -0.2) is 24.1 Å². The van der Waals surface area contributed by atoms with Gasteiger partial charge in [-0.05, 0) is 37.6 Å². The smallest absolute Gasteiger partial charge is 0.244 e. The van der Waals surface area contributed by atoms with E-state index in [1.807, 2.05) is 32.0 Å². The fourth-order valence-corrected chi connectivity index (χ4v) is 2.97. The third kappa shape index (κ3) is 3.90. The fourth-order valence-electron chi connectivity index (χ4n) is 2.29. The van der Waals surface area contributed by atoms with E-state index in [0.29, 0.717) is 13.2 Å². The fraction of sp³-hybridized carbons (Fsp3) is 0.294. The number of hydrogen-bond donors (Lipinski definition) is 1. The number of aromatic nitrogens is 1. The van der Waals surface area contributed by atoms with Gasteiger partial charge >= 0.3 is 0 Å². The first-order valence-electron chi connectivity index (χ1n) is 7.42. The third-order valence-electron chi connectivity index (χ3n) is 3.46. The van der Waals surface area contributed by atoms with Crippen molar-refractivity contribution in [3.05, 3.63) is 45.9 Å². The number of benzene rings is 1. The Morgan fingerprint density at radius 2 is 2.13 bits per heavy atom. The van der Waals surface area contributed by atoms with Gasteiger partial charge in [-0.1, -0.05) is 6.07 Å². The first kappa shape index (κ1) is 15.6. The molecule has 0 saturated carbocycles. The zero-order valence-corrected chi connectivity index (χ0v) is 13.9. The number of nitrogens with zero attached hydrogens (tertiary/aromatic N) is 1. The largest absolute Gasteiger partial charge is 0.486 e. The molecule has 3 rings (SSSR count). The van der Waals surface area contributed by atoms with E-state index in [9.17, 15) is 4.79 Å². The minimum Gasteiger partial charge on any atom is -0.486 e. The molecule has 23 heavy (non-hydrogen) atoms. The molecule has 1 aliphatic rings. The minimum absolute atomic E-state index is 0.119. The standard InChI is InChI=1S/C17H18N2O3S/c1-11(13-3-5-15-16(9-13)22-8-7-21-15)19-17(20)6-4-14-10-18-12(2)23-14/h3-6,9-11H,7-8H2,1-2H3,(H,19,20)/b6-4+/t11-/m1/s1. The van der Waals surface area contributed by atoms with Gasteiger partial charge in [0.05, 0.1) is 11.0 Å². The van der Waals surface area contributed by atoms with Crippen LogP contribution in [0.15, 0.2) is 30.5 Å². The average Bonchev–Trinajstić information content (AvgIpc) is 2.98. The lowest BCUT2D eigenvalue weighted by Gasteiger charge is -2.20. The molecule has 1 amide bonds. The Hall–Kier alpha value is -2.34. The van der Waals surface area contributed by atoms with Crippen LogP contribution in [0.5, 0.6) is 11.5 Å². The molecule has 5 nitrogen and oxygen atoms in total. The monoisotopic (exact) mass is 330 g/mol. The van der Waals surface area contributed by atoms with E-state index in [2.05, 4.69) is 10.3 Å². The normalized spacial score (nSPS) is 14.7. The Morgan fingerprint density at radius 1 is 1.35 bits per heavy atom. The Morgan fingerprint density at radius 3 is 2.87 bits per heavy atom. The summed E-state index contributed by atoms with van der Waals surface area (Å²) in [6, 6.07) is 5.61. The molecule has 120 valence electrons. The molecule has 2 aromatic rings. The number of thiazole rings is 1. The molecule has 0 radical (unpaired) electrons. The van der Waals surface area contributed by atoms with E-state index in [-0.39, 0.29) is 11.9 Å².